The molecule has 0 radical (unpaired) electrons. The molecule has 0 bridgehead atoms. The zero-order valence-corrected chi connectivity index (χ0v) is 11.2. The average Bonchev–Trinajstić information content (AvgIpc) is 2.23. The Hall–Kier alpha value is -0.450. The van der Waals surface area contributed by atoms with Gasteiger partial charge in [-0.25, -0.2) is 4.39 Å². The maximum absolute atomic E-state index is 13.0. The zero-order valence-electron chi connectivity index (χ0n) is 9.59. The highest BCUT2D eigenvalue weighted by Gasteiger charge is 2.03. The molecule has 90 valence electrons. The first-order valence-corrected chi connectivity index (χ1v) is 6.06. The van der Waals surface area contributed by atoms with Crippen LogP contribution in [0, 0.1) is 11.7 Å². The highest BCUT2D eigenvalue weighted by Crippen LogP contribution is 2.17. The molecule has 0 saturated carbocycles. The van der Waals surface area contributed by atoms with Gasteiger partial charge in [0, 0.05) is 31.3 Å². The molecule has 0 saturated heterocycles. The second-order valence-electron chi connectivity index (χ2n) is 3.93. The Labute approximate surface area is 104 Å². The quantitative estimate of drug-likeness (QED) is 0.869. The third-order valence-electron chi connectivity index (χ3n) is 2.27. The van der Waals surface area contributed by atoms with Gasteiger partial charge in [-0.3, -0.25) is 0 Å². The number of methoxy groups -OCH3 is 1. The minimum Gasteiger partial charge on any atom is -0.384 e. The molecule has 0 aliphatic heterocycles. The van der Waals surface area contributed by atoms with Crippen LogP contribution in [0.4, 0.5) is 4.39 Å². The molecule has 0 aliphatic carbocycles. The number of halogens is 2. The standard InChI is InChI=1S/C12H17BrFNO/c1-9(8-16-2)6-15-7-10-5-11(14)3-4-12(10)13/h3-5,9,15H,6-8H2,1-2H3. The predicted octanol–water partition coefficient (Wildman–Crippen LogP) is 2.96. The molecule has 0 aliphatic rings. The number of ether oxygens (including phenoxy) is 1. The lowest BCUT2D eigenvalue weighted by Gasteiger charge is -2.12. The number of nitrogens with one attached hydrogen (secondary N) is 1. The Morgan fingerprint density at radius 1 is 1.50 bits per heavy atom. The summed E-state index contributed by atoms with van der Waals surface area (Å²) in [6.07, 6.45) is 0. The van der Waals surface area contributed by atoms with E-state index in [1.54, 1.807) is 13.2 Å². The monoisotopic (exact) mass is 289 g/mol. The second-order valence-corrected chi connectivity index (χ2v) is 4.78. The topological polar surface area (TPSA) is 21.3 Å². The van der Waals surface area contributed by atoms with E-state index in [0.717, 1.165) is 23.2 Å². The lowest BCUT2D eigenvalue weighted by atomic mass is 10.2. The van der Waals surface area contributed by atoms with E-state index >= 15 is 0 Å². The van der Waals surface area contributed by atoms with Gasteiger partial charge in [0.05, 0.1) is 0 Å². The van der Waals surface area contributed by atoms with Crippen molar-refractivity contribution in [2.75, 3.05) is 20.3 Å². The molecular formula is C12H17BrFNO. The van der Waals surface area contributed by atoms with E-state index in [4.69, 9.17) is 4.74 Å². The van der Waals surface area contributed by atoms with Crippen LogP contribution in [0.5, 0.6) is 0 Å². The zero-order chi connectivity index (χ0) is 12.0. The summed E-state index contributed by atoms with van der Waals surface area (Å²) >= 11 is 3.40. The first kappa shape index (κ1) is 13.6. The summed E-state index contributed by atoms with van der Waals surface area (Å²) in [6.45, 7) is 4.36. The Morgan fingerprint density at radius 2 is 2.25 bits per heavy atom. The van der Waals surface area contributed by atoms with Crippen molar-refractivity contribution in [3.63, 3.8) is 0 Å². The smallest absolute Gasteiger partial charge is 0.123 e. The Morgan fingerprint density at radius 3 is 2.94 bits per heavy atom. The normalized spacial score (nSPS) is 12.8. The lowest BCUT2D eigenvalue weighted by molar-refractivity contribution is 0.158. The lowest BCUT2D eigenvalue weighted by Crippen LogP contribution is -2.23. The van der Waals surface area contributed by atoms with Crippen molar-refractivity contribution in [1.29, 1.82) is 0 Å². The molecule has 1 rings (SSSR count). The molecule has 1 N–H and O–H groups in total. The maximum atomic E-state index is 13.0. The second kappa shape index (κ2) is 6.99. The van der Waals surface area contributed by atoms with Crippen LogP contribution in [-0.4, -0.2) is 20.3 Å². The summed E-state index contributed by atoms with van der Waals surface area (Å²) < 4.78 is 19.0. The number of rotatable bonds is 6. The van der Waals surface area contributed by atoms with Gasteiger partial charge in [-0.05, 0) is 29.7 Å². The molecule has 2 nitrogen and oxygen atoms in total. The van der Waals surface area contributed by atoms with Gasteiger partial charge in [0.1, 0.15) is 5.82 Å². The van der Waals surface area contributed by atoms with Crippen molar-refractivity contribution in [2.24, 2.45) is 5.92 Å². The fourth-order valence-corrected chi connectivity index (χ4v) is 1.86. The fourth-order valence-electron chi connectivity index (χ4n) is 1.48. The van der Waals surface area contributed by atoms with Crippen LogP contribution < -0.4 is 5.32 Å². The van der Waals surface area contributed by atoms with Gasteiger partial charge in [0.15, 0.2) is 0 Å². The van der Waals surface area contributed by atoms with Crippen molar-refractivity contribution in [3.05, 3.63) is 34.1 Å². The number of hydrogen-bond acceptors (Lipinski definition) is 2. The summed E-state index contributed by atoms with van der Waals surface area (Å²) in [5, 5.41) is 3.28. The first-order chi connectivity index (χ1) is 7.63. The molecule has 0 fully saturated rings. The van der Waals surface area contributed by atoms with Crippen LogP contribution in [-0.2, 0) is 11.3 Å². The molecule has 1 aromatic rings. The van der Waals surface area contributed by atoms with Crippen LogP contribution in [0.1, 0.15) is 12.5 Å². The van der Waals surface area contributed by atoms with E-state index in [0.29, 0.717) is 12.5 Å². The third-order valence-corrected chi connectivity index (χ3v) is 3.04. The Bertz CT molecular complexity index is 333. The SMILES string of the molecule is COCC(C)CNCc1cc(F)ccc1Br. The van der Waals surface area contributed by atoms with E-state index in [9.17, 15) is 4.39 Å². The van der Waals surface area contributed by atoms with Crippen molar-refractivity contribution in [3.8, 4) is 0 Å². The molecular weight excluding hydrogens is 273 g/mol. The molecule has 4 heteroatoms. The molecule has 1 unspecified atom stereocenters. The summed E-state index contributed by atoms with van der Waals surface area (Å²) in [7, 11) is 1.69. The molecule has 0 amide bonds. The molecule has 0 heterocycles. The first-order valence-electron chi connectivity index (χ1n) is 5.27. The Kier molecular flexibility index (Phi) is 5.95. The molecule has 0 spiro atoms. The highest BCUT2D eigenvalue weighted by molar-refractivity contribution is 9.10. The molecule has 1 atom stereocenters. The molecule has 1 aromatic carbocycles. The Balaban J connectivity index is 2.39. The van der Waals surface area contributed by atoms with Crippen molar-refractivity contribution in [2.45, 2.75) is 13.5 Å². The molecule has 0 aromatic heterocycles. The van der Waals surface area contributed by atoms with Crippen LogP contribution in [0.25, 0.3) is 0 Å². The van der Waals surface area contributed by atoms with E-state index < -0.39 is 0 Å². The fraction of sp³-hybridized carbons (Fsp3) is 0.500. The van der Waals surface area contributed by atoms with E-state index in [2.05, 4.69) is 28.2 Å². The van der Waals surface area contributed by atoms with Gasteiger partial charge >= 0.3 is 0 Å². The average molecular weight is 290 g/mol. The number of hydrogen-bond donors (Lipinski definition) is 1. The molecule has 16 heavy (non-hydrogen) atoms. The van der Waals surface area contributed by atoms with Crippen molar-refractivity contribution >= 4 is 15.9 Å². The van der Waals surface area contributed by atoms with E-state index in [-0.39, 0.29) is 5.82 Å². The summed E-state index contributed by atoms with van der Waals surface area (Å²) in [4.78, 5) is 0. The van der Waals surface area contributed by atoms with Gasteiger partial charge in [-0.15, -0.1) is 0 Å². The summed E-state index contributed by atoms with van der Waals surface area (Å²) in [5.74, 6) is 0.252. The van der Waals surface area contributed by atoms with Crippen LogP contribution >= 0.6 is 15.9 Å². The van der Waals surface area contributed by atoms with E-state index in [1.165, 1.54) is 12.1 Å². The number of benzene rings is 1. The van der Waals surface area contributed by atoms with Gasteiger partial charge < -0.3 is 10.1 Å². The maximum Gasteiger partial charge on any atom is 0.123 e. The summed E-state index contributed by atoms with van der Waals surface area (Å²) in [5.41, 5.74) is 0.935. The van der Waals surface area contributed by atoms with Crippen LogP contribution in [0.3, 0.4) is 0 Å². The van der Waals surface area contributed by atoms with E-state index in [1.807, 2.05) is 0 Å². The van der Waals surface area contributed by atoms with Gasteiger partial charge in [0.2, 0.25) is 0 Å². The largest absolute Gasteiger partial charge is 0.384 e. The third kappa shape index (κ3) is 4.60. The highest BCUT2D eigenvalue weighted by atomic mass is 79.9. The summed E-state index contributed by atoms with van der Waals surface area (Å²) in [6, 6.07) is 4.71. The van der Waals surface area contributed by atoms with Crippen molar-refractivity contribution in [1.82, 2.24) is 5.32 Å². The minimum atomic E-state index is -0.204. The van der Waals surface area contributed by atoms with Gasteiger partial charge in [0.25, 0.3) is 0 Å². The predicted molar refractivity (Wildman–Crippen MR) is 66.8 cm³/mol. The minimum absolute atomic E-state index is 0.204. The van der Waals surface area contributed by atoms with Crippen LogP contribution in [0.15, 0.2) is 22.7 Å². The van der Waals surface area contributed by atoms with Crippen molar-refractivity contribution < 1.29 is 9.13 Å². The van der Waals surface area contributed by atoms with Crippen LogP contribution in [0.2, 0.25) is 0 Å². The van der Waals surface area contributed by atoms with Gasteiger partial charge in [-0.2, -0.15) is 0 Å². The van der Waals surface area contributed by atoms with Gasteiger partial charge in [-0.1, -0.05) is 22.9 Å².